The predicted octanol–water partition coefficient (Wildman–Crippen LogP) is 6.11. The first-order valence-electron chi connectivity index (χ1n) is 9.64. The number of hydrogen-bond acceptors (Lipinski definition) is 4. The molecule has 4 nitrogen and oxygen atoms in total. The zero-order chi connectivity index (χ0) is 22.6. The van der Waals surface area contributed by atoms with Gasteiger partial charge in [0, 0.05) is 34.6 Å². The Labute approximate surface area is 191 Å². The third kappa shape index (κ3) is 3.77. The maximum atomic E-state index is 14.4. The average Bonchev–Trinajstić information content (AvgIpc) is 3.28. The molecule has 0 radical (unpaired) electrons. The molecular weight excluding hydrogens is 472 g/mol. The molecule has 2 aliphatic rings. The molecule has 0 saturated carbocycles. The molecule has 0 amide bonds. The number of carboxylic acids is 1. The Morgan fingerprint density at radius 3 is 2.52 bits per heavy atom. The molecule has 2 unspecified atom stereocenters. The molecule has 10 heteroatoms. The van der Waals surface area contributed by atoms with E-state index in [4.69, 9.17) is 23.2 Å². The van der Waals surface area contributed by atoms with Gasteiger partial charge in [-0.1, -0.05) is 41.0 Å². The van der Waals surface area contributed by atoms with Crippen molar-refractivity contribution in [2.75, 3.05) is 24.5 Å². The molecule has 31 heavy (non-hydrogen) atoms. The minimum atomic E-state index is -4.50. The molecule has 0 aromatic heterocycles. The summed E-state index contributed by atoms with van der Waals surface area (Å²) in [6, 6.07) is 9.07. The van der Waals surface area contributed by atoms with Gasteiger partial charge in [-0.25, -0.2) is 4.79 Å². The van der Waals surface area contributed by atoms with E-state index < -0.39 is 23.1 Å². The van der Waals surface area contributed by atoms with Gasteiger partial charge in [-0.05, 0) is 49.2 Å². The van der Waals surface area contributed by atoms with Crippen LogP contribution in [0.25, 0.3) is 0 Å². The minimum absolute atomic E-state index is 0.0507. The smallest absolute Gasteiger partial charge is 0.399 e. The fourth-order valence-electron chi connectivity index (χ4n) is 4.42. The topological polar surface area (TPSA) is 43.8 Å². The van der Waals surface area contributed by atoms with E-state index in [1.807, 2.05) is 17.9 Å². The van der Waals surface area contributed by atoms with Crippen LogP contribution in [0.1, 0.15) is 29.3 Å². The number of nitrogens with zero attached hydrogens (tertiary/aromatic N) is 2. The summed E-state index contributed by atoms with van der Waals surface area (Å²) in [5, 5.41) is 9.85. The molecule has 1 saturated heterocycles. The molecule has 1 fully saturated rings. The van der Waals surface area contributed by atoms with Gasteiger partial charge >= 0.3 is 12.1 Å². The lowest BCUT2D eigenvalue weighted by molar-refractivity contribution is -0.187. The maximum Gasteiger partial charge on any atom is 0.399 e. The summed E-state index contributed by atoms with van der Waals surface area (Å²) >= 11 is 13.3. The van der Waals surface area contributed by atoms with Gasteiger partial charge in [0.15, 0.2) is 0 Å². The summed E-state index contributed by atoms with van der Waals surface area (Å²) in [5.74, 6) is -1.05. The van der Waals surface area contributed by atoms with Crippen LogP contribution in [0.15, 0.2) is 41.3 Å². The number of fused-ring (bicyclic) bond motifs is 1. The molecule has 2 atom stereocenters. The van der Waals surface area contributed by atoms with Crippen LogP contribution in [0, 0.1) is 0 Å². The molecule has 0 spiro atoms. The highest BCUT2D eigenvalue weighted by Gasteiger charge is 2.60. The summed E-state index contributed by atoms with van der Waals surface area (Å²) in [6.45, 7) is 2.37. The number of likely N-dealkylation sites (tertiary alicyclic amines) is 1. The Morgan fingerprint density at radius 2 is 1.94 bits per heavy atom. The van der Waals surface area contributed by atoms with E-state index >= 15 is 0 Å². The highest BCUT2D eigenvalue weighted by molar-refractivity contribution is 8.00. The second-order valence-corrected chi connectivity index (χ2v) is 9.59. The Hall–Kier alpha value is -1.61. The average molecular weight is 491 g/mol. The number of anilines is 1. The molecule has 4 rings (SSSR count). The molecule has 166 valence electrons. The number of carbonyl (C=O) groups is 1. The third-order valence-corrected chi connectivity index (χ3v) is 7.80. The lowest BCUT2D eigenvalue weighted by atomic mass is 9.79. The molecule has 2 aliphatic heterocycles. The Bertz CT molecular complexity index is 1020. The van der Waals surface area contributed by atoms with Crippen molar-refractivity contribution in [2.45, 2.75) is 35.3 Å². The van der Waals surface area contributed by atoms with Gasteiger partial charge in [0.2, 0.25) is 0 Å². The number of hydrogen-bond donors (Lipinski definition) is 1. The van der Waals surface area contributed by atoms with Crippen molar-refractivity contribution in [2.24, 2.45) is 0 Å². The van der Waals surface area contributed by atoms with Crippen molar-refractivity contribution >= 4 is 46.6 Å². The van der Waals surface area contributed by atoms with Gasteiger partial charge < -0.3 is 10.0 Å². The Balaban J connectivity index is 1.71. The predicted molar refractivity (Wildman–Crippen MR) is 116 cm³/mol. The van der Waals surface area contributed by atoms with E-state index in [2.05, 4.69) is 0 Å². The quantitative estimate of drug-likeness (QED) is 0.559. The van der Waals surface area contributed by atoms with Crippen molar-refractivity contribution in [3.63, 3.8) is 0 Å². The summed E-state index contributed by atoms with van der Waals surface area (Å²) < 4.78 is 43.3. The van der Waals surface area contributed by atoms with E-state index in [0.29, 0.717) is 11.4 Å². The van der Waals surface area contributed by atoms with Crippen LogP contribution >= 0.6 is 35.0 Å². The van der Waals surface area contributed by atoms with Crippen molar-refractivity contribution in [3.05, 3.63) is 57.6 Å². The molecule has 2 aromatic carbocycles. The van der Waals surface area contributed by atoms with Crippen molar-refractivity contribution in [3.8, 4) is 0 Å². The Kier molecular flexibility index (Phi) is 5.87. The van der Waals surface area contributed by atoms with Crippen LogP contribution < -0.4 is 4.90 Å². The van der Waals surface area contributed by atoms with Crippen LogP contribution in [0.2, 0.25) is 10.0 Å². The van der Waals surface area contributed by atoms with E-state index in [9.17, 15) is 23.1 Å². The largest absolute Gasteiger partial charge is 0.478 e. The maximum absolute atomic E-state index is 14.4. The van der Waals surface area contributed by atoms with Crippen LogP contribution in [0.3, 0.4) is 0 Å². The van der Waals surface area contributed by atoms with Gasteiger partial charge in [0.1, 0.15) is 10.9 Å². The molecule has 0 bridgehead atoms. The lowest BCUT2D eigenvalue weighted by Gasteiger charge is -2.36. The van der Waals surface area contributed by atoms with Crippen molar-refractivity contribution in [1.82, 2.24) is 4.90 Å². The highest BCUT2D eigenvalue weighted by atomic mass is 35.5. The standard InChI is InChI=1S/C21H19Cl2F3N2O2S/c1-2-28-16-5-3-4-15(18(29)30)17(16)31-19(28)27-7-6-20(11-27,21(24,25)26)12-8-13(22)10-14(23)9-12/h3-5,8-10,19H,2,6-7,11H2,1H3,(H,29,30). The number of rotatable bonds is 4. The number of carboxylic acid groups (broad SMARTS) is 1. The SMILES string of the molecule is CCN1c2cccc(C(=O)O)c2SC1N1CCC(c2cc(Cl)cc(Cl)c2)(C(F)(F)F)C1. The zero-order valence-corrected chi connectivity index (χ0v) is 18.7. The summed E-state index contributed by atoms with van der Waals surface area (Å²) in [6.07, 6.45) is -4.64. The number of thioether (sulfide) groups is 1. The van der Waals surface area contributed by atoms with Gasteiger partial charge in [0.05, 0.1) is 11.3 Å². The highest BCUT2D eigenvalue weighted by Crippen LogP contribution is 2.53. The molecule has 2 heterocycles. The zero-order valence-electron chi connectivity index (χ0n) is 16.4. The van der Waals surface area contributed by atoms with Crippen molar-refractivity contribution in [1.29, 1.82) is 0 Å². The van der Waals surface area contributed by atoms with Gasteiger partial charge in [-0.3, -0.25) is 4.90 Å². The second-order valence-electron chi connectivity index (χ2n) is 7.65. The molecule has 0 aliphatic carbocycles. The third-order valence-electron chi connectivity index (χ3n) is 5.93. The van der Waals surface area contributed by atoms with Crippen LogP contribution in [-0.2, 0) is 5.41 Å². The Morgan fingerprint density at radius 1 is 1.26 bits per heavy atom. The summed E-state index contributed by atoms with van der Waals surface area (Å²) in [5.41, 5.74) is -1.60. The van der Waals surface area contributed by atoms with E-state index in [0.717, 1.165) is 5.69 Å². The fraction of sp³-hybridized carbons (Fsp3) is 0.381. The van der Waals surface area contributed by atoms with Gasteiger partial charge in [0.25, 0.3) is 0 Å². The van der Waals surface area contributed by atoms with Crippen molar-refractivity contribution < 1.29 is 23.1 Å². The fourth-order valence-corrected chi connectivity index (χ4v) is 6.46. The summed E-state index contributed by atoms with van der Waals surface area (Å²) in [4.78, 5) is 15.9. The first kappa shape index (κ1) is 22.6. The lowest BCUT2D eigenvalue weighted by Crippen LogP contribution is -2.48. The second kappa shape index (κ2) is 8.06. The van der Waals surface area contributed by atoms with E-state index in [-0.39, 0.29) is 40.7 Å². The number of benzene rings is 2. The van der Waals surface area contributed by atoms with Gasteiger partial charge in [-0.15, -0.1) is 0 Å². The van der Waals surface area contributed by atoms with E-state index in [1.165, 1.54) is 36.0 Å². The van der Waals surface area contributed by atoms with Crippen LogP contribution in [-0.4, -0.2) is 47.3 Å². The minimum Gasteiger partial charge on any atom is -0.478 e. The normalized spacial score (nSPS) is 23.9. The first-order chi connectivity index (χ1) is 14.6. The number of aromatic carboxylic acids is 1. The number of halogens is 5. The molecular formula is C21H19Cl2F3N2O2S. The molecule has 2 aromatic rings. The summed E-state index contributed by atoms with van der Waals surface area (Å²) in [7, 11) is 0. The van der Waals surface area contributed by atoms with E-state index in [1.54, 1.807) is 11.0 Å². The van der Waals surface area contributed by atoms with Gasteiger partial charge in [-0.2, -0.15) is 13.2 Å². The van der Waals surface area contributed by atoms with Crippen LogP contribution in [0.4, 0.5) is 18.9 Å². The number of alkyl halides is 3. The first-order valence-corrected chi connectivity index (χ1v) is 11.3. The molecule has 1 N–H and O–H groups in total. The van der Waals surface area contributed by atoms with Crippen LogP contribution in [0.5, 0.6) is 0 Å². The monoisotopic (exact) mass is 490 g/mol.